The number of halogens is 1. The quantitative estimate of drug-likeness (QED) is 0.645. The van der Waals surface area contributed by atoms with Crippen molar-refractivity contribution in [2.75, 3.05) is 17.7 Å². The van der Waals surface area contributed by atoms with E-state index in [1.54, 1.807) is 31.5 Å². The lowest BCUT2D eigenvalue weighted by molar-refractivity contribution is 0.102. The molecule has 0 spiro atoms. The molecule has 0 saturated heterocycles. The molecule has 126 valence electrons. The molecule has 0 aliphatic carbocycles. The largest absolute Gasteiger partial charge is 0.495 e. The second-order valence-electron chi connectivity index (χ2n) is 5.22. The normalized spacial score (nSPS) is 10.2. The number of benzene rings is 2. The van der Waals surface area contributed by atoms with E-state index in [0.29, 0.717) is 11.4 Å². The van der Waals surface area contributed by atoms with Crippen LogP contribution in [0.5, 0.6) is 5.75 Å². The van der Waals surface area contributed by atoms with Crippen molar-refractivity contribution in [1.29, 1.82) is 0 Å². The molecule has 0 radical (unpaired) electrons. The average molecular weight is 398 g/mol. The van der Waals surface area contributed by atoms with Crippen molar-refractivity contribution in [3.8, 4) is 5.75 Å². The predicted molar refractivity (Wildman–Crippen MR) is 103 cm³/mol. The maximum atomic E-state index is 12.2. The molecule has 3 rings (SSSR count). The maximum Gasteiger partial charge on any atom is 0.256 e. The number of hydrogen-bond acceptors (Lipinski definition) is 4. The third-order valence-electron chi connectivity index (χ3n) is 3.48. The molecule has 0 saturated carbocycles. The molecule has 1 aromatic heterocycles. The first-order valence-corrected chi connectivity index (χ1v) is 8.38. The van der Waals surface area contributed by atoms with E-state index in [-0.39, 0.29) is 5.91 Å². The van der Waals surface area contributed by atoms with Crippen molar-refractivity contribution < 1.29 is 9.53 Å². The fourth-order valence-corrected chi connectivity index (χ4v) is 2.66. The van der Waals surface area contributed by atoms with Crippen LogP contribution in [-0.4, -0.2) is 18.0 Å². The zero-order valence-corrected chi connectivity index (χ0v) is 15.1. The van der Waals surface area contributed by atoms with Crippen molar-refractivity contribution in [3.63, 3.8) is 0 Å². The summed E-state index contributed by atoms with van der Waals surface area (Å²) >= 11 is 3.35. The van der Waals surface area contributed by atoms with Crippen LogP contribution in [0.4, 0.5) is 17.2 Å². The lowest BCUT2D eigenvalue weighted by Gasteiger charge is -2.11. The molecule has 0 fully saturated rings. The number of aromatic nitrogens is 1. The van der Waals surface area contributed by atoms with E-state index in [1.165, 1.54) is 0 Å². The number of para-hydroxylation sites is 2. The number of methoxy groups -OCH3 is 1. The van der Waals surface area contributed by atoms with E-state index in [0.717, 1.165) is 21.6 Å². The fraction of sp³-hybridized carbons (Fsp3) is 0.0526. The summed E-state index contributed by atoms with van der Waals surface area (Å²) in [4.78, 5) is 16.5. The Hall–Kier alpha value is -2.86. The molecule has 0 unspecified atom stereocenters. The Balaban J connectivity index is 1.69. The molecule has 2 N–H and O–H groups in total. The average Bonchev–Trinajstić information content (AvgIpc) is 2.64. The Morgan fingerprint density at radius 3 is 2.64 bits per heavy atom. The minimum atomic E-state index is -0.209. The van der Waals surface area contributed by atoms with Gasteiger partial charge in [-0.2, -0.15) is 0 Å². The van der Waals surface area contributed by atoms with Gasteiger partial charge in [0.25, 0.3) is 5.91 Å². The topological polar surface area (TPSA) is 63.2 Å². The van der Waals surface area contributed by atoms with Gasteiger partial charge in [-0.1, -0.05) is 34.1 Å². The molecular weight excluding hydrogens is 382 g/mol. The van der Waals surface area contributed by atoms with Gasteiger partial charge in [0.1, 0.15) is 11.6 Å². The summed E-state index contributed by atoms with van der Waals surface area (Å²) < 4.78 is 6.16. The third-order valence-corrected chi connectivity index (χ3v) is 3.97. The van der Waals surface area contributed by atoms with Gasteiger partial charge in [0.2, 0.25) is 0 Å². The van der Waals surface area contributed by atoms with E-state index in [2.05, 4.69) is 31.5 Å². The Bertz CT molecular complexity index is 882. The van der Waals surface area contributed by atoms with Gasteiger partial charge in [0.05, 0.1) is 24.7 Å². The Labute approximate surface area is 154 Å². The van der Waals surface area contributed by atoms with Crippen LogP contribution < -0.4 is 15.4 Å². The Morgan fingerprint density at radius 2 is 1.92 bits per heavy atom. The minimum absolute atomic E-state index is 0.209. The van der Waals surface area contributed by atoms with Crippen LogP contribution in [0, 0.1) is 0 Å². The molecule has 0 aliphatic rings. The van der Waals surface area contributed by atoms with E-state index >= 15 is 0 Å². The van der Waals surface area contributed by atoms with Gasteiger partial charge in [-0.3, -0.25) is 4.79 Å². The number of hydrogen-bond donors (Lipinski definition) is 2. The van der Waals surface area contributed by atoms with Crippen LogP contribution >= 0.6 is 15.9 Å². The minimum Gasteiger partial charge on any atom is -0.495 e. The molecule has 6 heteroatoms. The zero-order valence-electron chi connectivity index (χ0n) is 13.5. The zero-order chi connectivity index (χ0) is 17.6. The van der Waals surface area contributed by atoms with Crippen LogP contribution in [0.15, 0.2) is 71.3 Å². The second kappa shape index (κ2) is 7.81. The lowest BCUT2D eigenvalue weighted by atomic mass is 10.2. The van der Waals surface area contributed by atoms with E-state index < -0.39 is 0 Å². The van der Waals surface area contributed by atoms with Crippen LogP contribution in [0.1, 0.15) is 10.4 Å². The summed E-state index contributed by atoms with van der Waals surface area (Å²) in [6, 6.07) is 18.4. The van der Waals surface area contributed by atoms with E-state index in [1.807, 2.05) is 42.5 Å². The van der Waals surface area contributed by atoms with Gasteiger partial charge in [0.15, 0.2) is 0 Å². The SMILES string of the molecule is COc1ccccc1Nc1ccc(NC(=O)c2cccc(Br)c2)nc1. The summed E-state index contributed by atoms with van der Waals surface area (Å²) in [5.74, 6) is 1.02. The number of amides is 1. The third kappa shape index (κ3) is 4.36. The highest BCUT2D eigenvalue weighted by atomic mass is 79.9. The highest BCUT2D eigenvalue weighted by molar-refractivity contribution is 9.10. The van der Waals surface area contributed by atoms with Crippen LogP contribution in [0.25, 0.3) is 0 Å². The van der Waals surface area contributed by atoms with Crippen LogP contribution in [0.2, 0.25) is 0 Å². The molecule has 0 aliphatic heterocycles. The first kappa shape index (κ1) is 17.0. The molecule has 25 heavy (non-hydrogen) atoms. The standard InChI is InChI=1S/C19H16BrN3O2/c1-25-17-8-3-2-7-16(17)22-15-9-10-18(21-12-15)23-19(24)13-5-4-6-14(20)11-13/h2-12,22H,1H3,(H,21,23,24). The lowest BCUT2D eigenvalue weighted by Crippen LogP contribution is -2.12. The summed E-state index contributed by atoms with van der Waals surface area (Å²) in [5.41, 5.74) is 2.20. The number of rotatable bonds is 5. The van der Waals surface area contributed by atoms with Gasteiger partial charge in [-0.05, 0) is 42.5 Å². The monoisotopic (exact) mass is 397 g/mol. The molecule has 5 nitrogen and oxygen atoms in total. The molecule has 0 atom stereocenters. The smallest absolute Gasteiger partial charge is 0.256 e. The van der Waals surface area contributed by atoms with E-state index in [9.17, 15) is 4.79 Å². The van der Waals surface area contributed by atoms with Gasteiger partial charge < -0.3 is 15.4 Å². The first-order valence-electron chi connectivity index (χ1n) is 7.59. The molecule has 1 heterocycles. The molecule has 3 aromatic rings. The van der Waals surface area contributed by atoms with Gasteiger partial charge >= 0.3 is 0 Å². The summed E-state index contributed by atoms with van der Waals surface area (Å²) in [5, 5.41) is 6.01. The molecule has 1 amide bonds. The second-order valence-corrected chi connectivity index (χ2v) is 6.14. The Kier molecular flexibility index (Phi) is 5.30. The van der Waals surface area contributed by atoms with Crippen LogP contribution in [-0.2, 0) is 0 Å². The van der Waals surface area contributed by atoms with Crippen molar-refractivity contribution >= 4 is 39.0 Å². The molecular formula is C19H16BrN3O2. The van der Waals surface area contributed by atoms with Crippen molar-refractivity contribution in [1.82, 2.24) is 4.98 Å². The number of carbonyl (C=O) groups excluding carboxylic acids is 1. The number of nitrogens with zero attached hydrogens (tertiary/aromatic N) is 1. The van der Waals surface area contributed by atoms with Gasteiger partial charge in [-0.25, -0.2) is 4.98 Å². The highest BCUT2D eigenvalue weighted by Crippen LogP contribution is 2.27. The molecule has 0 bridgehead atoms. The number of pyridine rings is 1. The van der Waals surface area contributed by atoms with Crippen molar-refractivity contribution in [2.45, 2.75) is 0 Å². The van der Waals surface area contributed by atoms with Gasteiger partial charge in [0, 0.05) is 10.0 Å². The number of anilines is 3. The number of carbonyl (C=O) groups is 1. The first-order chi connectivity index (χ1) is 12.2. The predicted octanol–water partition coefficient (Wildman–Crippen LogP) is 4.85. The molecule has 2 aromatic carbocycles. The highest BCUT2D eigenvalue weighted by Gasteiger charge is 2.07. The Morgan fingerprint density at radius 1 is 1.08 bits per heavy atom. The van der Waals surface area contributed by atoms with Crippen LogP contribution in [0.3, 0.4) is 0 Å². The van der Waals surface area contributed by atoms with Crippen molar-refractivity contribution in [2.24, 2.45) is 0 Å². The summed E-state index contributed by atoms with van der Waals surface area (Å²) in [7, 11) is 1.62. The fourth-order valence-electron chi connectivity index (χ4n) is 2.26. The number of ether oxygens (including phenoxy) is 1. The van der Waals surface area contributed by atoms with E-state index in [4.69, 9.17) is 4.74 Å². The maximum absolute atomic E-state index is 12.2. The summed E-state index contributed by atoms with van der Waals surface area (Å²) in [6.07, 6.45) is 1.66. The summed E-state index contributed by atoms with van der Waals surface area (Å²) in [6.45, 7) is 0. The van der Waals surface area contributed by atoms with Gasteiger partial charge in [-0.15, -0.1) is 0 Å². The number of nitrogens with one attached hydrogen (secondary N) is 2. The van der Waals surface area contributed by atoms with Crippen molar-refractivity contribution in [3.05, 3.63) is 76.9 Å².